The van der Waals surface area contributed by atoms with Crippen LogP contribution >= 0.6 is 23.2 Å². The second-order valence-electron chi connectivity index (χ2n) is 8.33. The molecule has 3 aromatic rings. The first kappa shape index (κ1) is 28.4. The van der Waals surface area contributed by atoms with E-state index in [9.17, 15) is 4.79 Å². The van der Waals surface area contributed by atoms with Crippen LogP contribution in [-0.4, -0.2) is 36.7 Å². The minimum Gasteiger partial charge on any atom is -1.00 e. The Morgan fingerprint density at radius 1 is 0.882 bits per heavy atom. The molecule has 34 heavy (non-hydrogen) atoms. The molecule has 0 aliphatic heterocycles. The molecule has 4 nitrogen and oxygen atoms in total. The number of carbonyl (C=O) groups excluding carboxylic acids is 1. The van der Waals surface area contributed by atoms with Crippen molar-refractivity contribution < 1.29 is 33.3 Å². The van der Waals surface area contributed by atoms with Gasteiger partial charge in [0.15, 0.2) is 0 Å². The van der Waals surface area contributed by atoms with Gasteiger partial charge in [-0.3, -0.25) is 0 Å². The summed E-state index contributed by atoms with van der Waals surface area (Å²) in [6.45, 7) is 6.62. The molecule has 0 aliphatic rings. The molecule has 2 amide bonds. The van der Waals surface area contributed by atoms with Crippen molar-refractivity contribution in [2.24, 2.45) is 0 Å². The quantitative estimate of drug-likeness (QED) is 0.193. The van der Waals surface area contributed by atoms with Crippen LogP contribution < -0.4 is 34.6 Å². The van der Waals surface area contributed by atoms with Crippen LogP contribution in [0.3, 0.4) is 0 Å². The molecule has 0 saturated heterocycles. The van der Waals surface area contributed by atoms with Crippen LogP contribution in [0.1, 0.15) is 24.5 Å². The zero-order valence-corrected chi connectivity index (χ0v) is 23.1. The van der Waals surface area contributed by atoms with Gasteiger partial charge in [-0.15, -0.1) is 0 Å². The highest BCUT2D eigenvalue weighted by molar-refractivity contribution is 6.31. The van der Waals surface area contributed by atoms with E-state index in [2.05, 4.69) is 35.8 Å². The van der Waals surface area contributed by atoms with Crippen molar-refractivity contribution in [3.8, 4) is 0 Å². The molecule has 0 spiro atoms. The number of para-hydroxylation sites is 1. The summed E-state index contributed by atoms with van der Waals surface area (Å²) in [5.74, 6) is 0. The van der Waals surface area contributed by atoms with E-state index in [1.165, 1.54) is 5.56 Å². The van der Waals surface area contributed by atoms with E-state index >= 15 is 0 Å². The average molecular weight is 612 g/mol. The maximum atomic E-state index is 12.2. The molecule has 3 rings (SSSR count). The monoisotopic (exact) mass is 611 g/mol. The van der Waals surface area contributed by atoms with Crippen molar-refractivity contribution in [1.82, 2.24) is 5.32 Å². The summed E-state index contributed by atoms with van der Waals surface area (Å²) in [4.78, 5) is 12.2. The van der Waals surface area contributed by atoms with Crippen LogP contribution in [0.25, 0.3) is 0 Å². The van der Waals surface area contributed by atoms with Crippen molar-refractivity contribution in [2.75, 3.05) is 31.5 Å². The van der Waals surface area contributed by atoms with E-state index in [1.54, 1.807) is 0 Å². The molecule has 2 N–H and O–H groups in total. The van der Waals surface area contributed by atoms with Gasteiger partial charge in [0.05, 0.1) is 19.6 Å². The Labute approximate surface area is 230 Å². The smallest absolute Gasteiger partial charge is 0.319 e. The molecule has 3 aromatic carbocycles. The van der Waals surface area contributed by atoms with Gasteiger partial charge < -0.3 is 39.1 Å². The summed E-state index contributed by atoms with van der Waals surface area (Å²) in [6, 6.07) is 25.5. The Balaban J connectivity index is 0.00000408. The highest BCUT2D eigenvalue weighted by Gasteiger charge is 2.26. The third-order valence-corrected chi connectivity index (χ3v) is 6.67. The van der Waals surface area contributed by atoms with Crippen molar-refractivity contribution in [3.05, 3.63) is 100 Å². The maximum Gasteiger partial charge on any atom is 0.319 e. The third-order valence-electron chi connectivity index (χ3n) is 6.05. The number of rotatable bonds is 11. The number of nitrogens with one attached hydrogen (secondary N) is 2. The molecule has 0 bridgehead atoms. The lowest BCUT2D eigenvalue weighted by atomic mass is 10.1. The van der Waals surface area contributed by atoms with Crippen LogP contribution in [0, 0.1) is 0 Å². The van der Waals surface area contributed by atoms with Crippen LogP contribution in [0.2, 0.25) is 10.0 Å². The van der Waals surface area contributed by atoms with Gasteiger partial charge in [0.2, 0.25) is 0 Å². The molecule has 0 fully saturated rings. The van der Waals surface area contributed by atoms with Crippen molar-refractivity contribution in [2.45, 2.75) is 26.3 Å². The summed E-state index contributed by atoms with van der Waals surface area (Å²) in [6.07, 6.45) is 1.83. The second-order valence-corrected chi connectivity index (χ2v) is 9.18. The van der Waals surface area contributed by atoms with Gasteiger partial charge in [-0.2, -0.15) is 0 Å². The van der Waals surface area contributed by atoms with Gasteiger partial charge >= 0.3 is 6.03 Å². The standard InChI is InChI=1S/C27H31Cl2N3O.HI/c1-2-32(21-23-9-6-7-12-26(23)29,20-17-22-13-15-24(28)16-14-22)19-8-18-30-27(33)31-25-10-4-3-5-11-25;/h3-7,9-16H,2,8,17-21H2,1H3,(H-,30,31,33);1H. The zero-order valence-electron chi connectivity index (χ0n) is 19.4. The summed E-state index contributed by atoms with van der Waals surface area (Å²) >= 11 is 12.6. The molecule has 0 aromatic heterocycles. The normalized spacial score (nSPS) is 12.3. The predicted molar refractivity (Wildman–Crippen MR) is 139 cm³/mol. The minimum atomic E-state index is -0.178. The largest absolute Gasteiger partial charge is 1.00 e. The average Bonchev–Trinajstić information content (AvgIpc) is 2.83. The molecule has 0 heterocycles. The van der Waals surface area contributed by atoms with Crippen molar-refractivity contribution in [3.63, 3.8) is 0 Å². The number of hydrogen-bond acceptors (Lipinski definition) is 1. The lowest BCUT2D eigenvalue weighted by molar-refractivity contribution is -0.939. The molecular formula is C27H32Cl2IN3O. The number of hydrogen-bond donors (Lipinski definition) is 2. The van der Waals surface area contributed by atoms with Gasteiger partial charge in [-0.25, -0.2) is 4.79 Å². The second kappa shape index (κ2) is 14.6. The lowest BCUT2D eigenvalue weighted by Gasteiger charge is -2.38. The Bertz CT molecular complexity index is 1020. The summed E-state index contributed by atoms with van der Waals surface area (Å²) in [5.41, 5.74) is 3.22. The topological polar surface area (TPSA) is 41.1 Å². The van der Waals surface area contributed by atoms with Gasteiger partial charge in [0.1, 0.15) is 6.54 Å². The number of anilines is 1. The molecule has 7 heteroatoms. The molecule has 1 unspecified atom stereocenters. The highest BCUT2D eigenvalue weighted by Crippen LogP contribution is 2.23. The fraction of sp³-hybridized carbons (Fsp3) is 0.296. The lowest BCUT2D eigenvalue weighted by Crippen LogP contribution is -3.00. The first-order chi connectivity index (χ1) is 16.0. The Morgan fingerprint density at radius 3 is 2.24 bits per heavy atom. The van der Waals surface area contributed by atoms with Crippen molar-refractivity contribution in [1.29, 1.82) is 0 Å². The van der Waals surface area contributed by atoms with Crippen LogP contribution in [0.5, 0.6) is 0 Å². The molecular weight excluding hydrogens is 580 g/mol. The van der Waals surface area contributed by atoms with Crippen LogP contribution in [0.4, 0.5) is 10.5 Å². The van der Waals surface area contributed by atoms with E-state index in [1.807, 2.05) is 60.7 Å². The number of quaternary nitrogens is 1. The number of urea groups is 1. The number of halogens is 3. The first-order valence-corrected chi connectivity index (χ1v) is 12.2. The van der Waals surface area contributed by atoms with E-state index in [0.29, 0.717) is 6.54 Å². The zero-order chi connectivity index (χ0) is 23.5. The molecule has 0 saturated carbocycles. The van der Waals surface area contributed by atoms with Crippen LogP contribution in [-0.2, 0) is 13.0 Å². The van der Waals surface area contributed by atoms with E-state index in [-0.39, 0.29) is 30.0 Å². The summed E-state index contributed by atoms with van der Waals surface area (Å²) < 4.78 is 0.897. The molecule has 0 radical (unpaired) electrons. The Kier molecular flexibility index (Phi) is 12.2. The number of benzene rings is 3. The van der Waals surface area contributed by atoms with Crippen molar-refractivity contribution >= 4 is 34.9 Å². The minimum absolute atomic E-state index is 0. The SMILES string of the molecule is CC[N+](CCCNC(=O)Nc1ccccc1)(CCc1ccc(Cl)cc1)Cc1ccccc1Cl.[I-]. The number of likely N-dealkylation sites (N-methyl/N-ethyl adjacent to an activating group) is 1. The predicted octanol–water partition coefficient (Wildman–Crippen LogP) is 3.79. The van der Waals surface area contributed by atoms with E-state index in [0.717, 1.165) is 64.8 Å². The fourth-order valence-corrected chi connectivity index (χ4v) is 4.34. The summed E-state index contributed by atoms with van der Waals surface area (Å²) in [7, 11) is 0. The van der Waals surface area contributed by atoms with Gasteiger partial charge in [0.25, 0.3) is 0 Å². The first-order valence-electron chi connectivity index (χ1n) is 11.4. The van der Waals surface area contributed by atoms with Gasteiger partial charge in [0, 0.05) is 40.7 Å². The number of carbonyl (C=O) groups is 1. The summed E-state index contributed by atoms with van der Waals surface area (Å²) in [5, 5.41) is 7.41. The number of nitrogens with zero attached hydrogens (tertiary/aromatic N) is 1. The molecule has 1 atom stereocenters. The van der Waals surface area contributed by atoms with E-state index in [4.69, 9.17) is 23.2 Å². The molecule has 182 valence electrons. The van der Waals surface area contributed by atoms with Gasteiger partial charge in [-0.05, 0) is 42.8 Å². The number of amides is 2. The van der Waals surface area contributed by atoms with Gasteiger partial charge in [-0.1, -0.05) is 71.7 Å². The highest BCUT2D eigenvalue weighted by atomic mass is 127. The molecule has 0 aliphatic carbocycles. The Morgan fingerprint density at radius 2 is 1.56 bits per heavy atom. The van der Waals surface area contributed by atoms with Crippen LogP contribution in [0.15, 0.2) is 78.9 Å². The van der Waals surface area contributed by atoms with E-state index < -0.39 is 0 Å². The third kappa shape index (κ3) is 9.10. The fourth-order valence-electron chi connectivity index (χ4n) is 4.02. The Hall–Kier alpha value is -1.80. The maximum absolute atomic E-state index is 12.2.